The largest absolute Gasteiger partial charge is 0.459 e. The molecule has 0 aliphatic carbocycles. The topological polar surface area (TPSA) is 79.6 Å². The molecule has 3 rings (SSSR count). The van der Waals surface area contributed by atoms with Crippen molar-refractivity contribution in [2.45, 2.75) is 30.0 Å². The molecule has 28 heavy (non-hydrogen) atoms. The Morgan fingerprint density at radius 3 is 2.46 bits per heavy atom. The first kappa shape index (κ1) is 20.7. The van der Waals surface area contributed by atoms with Crippen molar-refractivity contribution in [3.63, 3.8) is 0 Å². The lowest BCUT2D eigenvalue weighted by Gasteiger charge is -2.31. The van der Waals surface area contributed by atoms with Gasteiger partial charge in [0.2, 0.25) is 10.0 Å². The summed E-state index contributed by atoms with van der Waals surface area (Å²) >= 11 is 5.82. The van der Waals surface area contributed by atoms with E-state index >= 15 is 0 Å². The number of carbonyl (C=O) groups is 1. The fourth-order valence-corrected chi connectivity index (χ4v) is 4.76. The smallest absolute Gasteiger partial charge is 0.416 e. The summed E-state index contributed by atoms with van der Waals surface area (Å²) < 4.78 is 71.2. The summed E-state index contributed by atoms with van der Waals surface area (Å²) in [6, 6.07) is 4.74. The minimum absolute atomic E-state index is 0.190. The molecule has 1 fully saturated rings. The lowest BCUT2D eigenvalue weighted by molar-refractivity contribution is -0.137. The molecule has 1 saturated heterocycles. The number of halogens is 4. The van der Waals surface area contributed by atoms with Crippen LogP contribution in [0.15, 0.2) is 45.9 Å². The summed E-state index contributed by atoms with van der Waals surface area (Å²) in [6.07, 6.45) is -2.69. The Labute approximate surface area is 164 Å². The second kappa shape index (κ2) is 7.76. The van der Waals surface area contributed by atoms with Gasteiger partial charge in [-0.1, -0.05) is 11.6 Å². The maximum atomic E-state index is 12.9. The van der Waals surface area contributed by atoms with E-state index in [1.165, 1.54) is 17.2 Å². The van der Waals surface area contributed by atoms with E-state index in [-0.39, 0.29) is 29.8 Å². The molecular formula is C17H16ClF3N2O4S. The third-order valence-electron chi connectivity index (χ3n) is 4.38. The van der Waals surface area contributed by atoms with Crippen LogP contribution in [0, 0.1) is 0 Å². The fourth-order valence-electron chi connectivity index (χ4n) is 2.93. The molecule has 0 unspecified atom stereocenters. The van der Waals surface area contributed by atoms with Gasteiger partial charge in [-0.05, 0) is 43.2 Å². The van der Waals surface area contributed by atoms with Crippen molar-refractivity contribution >= 4 is 27.5 Å². The predicted octanol–water partition coefficient (Wildman–Crippen LogP) is 3.53. The molecule has 0 radical (unpaired) electrons. The molecule has 0 spiro atoms. The van der Waals surface area contributed by atoms with Crippen LogP contribution in [0.5, 0.6) is 0 Å². The van der Waals surface area contributed by atoms with Gasteiger partial charge in [0.25, 0.3) is 5.91 Å². The number of hydrogen-bond acceptors (Lipinski definition) is 4. The molecule has 152 valence electrons. The molecule has 1 amide bonds. The van der Waals surface area contributed by atoms with Crippen LogP contribution in [-0.4, -0.2) is 38.4 Å². The van der Waals surface area contributed by atoms with Crippen LogP contribution >= 0.6 is 11.6 Å². The van der Waals surface area contributed by atoms with Crippen LogP contribution in [0.2, 0.25) is 5.02 Å². The van der Waals surface area contributed by atoms with Gasteiger partial charge in [0, 0.05) is 19.1 Å². The summed E-state index contributed by atoms with van der Waals surface area (Å²) in [7, 11) is -4.26. The standard InChI is InChI=1S/C17H16ClF3N2O4S/c18-13-4-3-11(17(19,20)21)10-15(13)28(25,26)22-12-5-7-23(8-6-12)16(24)14-2-1-9-27-14/h1-4,9-10,12,22H,5-8H2. The number of nitrogens with zero attached hydrogens (tertiary/aromatic N) is 1. The van der Waals surface area contributed by atoms with Crippen LogP contribution < -0.4 is 4.72 Å². The Kier molecular flexibility index (Phi) is 5.74. The molecule has 0 bridgehead atoms. The van der Waals surface area contributed by atoms with Crippen molar-refractivity contribution in [3.05, 3.63) is 52.9 Å². The van der Waals surface area contributed by atoms with Crippen molar-refractivity contribution in [2.75, 3.05) is 13.1 Å². The molecule has 0 atom stereocenters. The molecule has 1 aliphatic heterocycles. The van der Waals surface area contributed by atoms with Gasteiger partial charge in [0.05, 0.1) is 16.8 Å². The maximum Gasteiger partial charge on any atom is 0.416 e. The Morgan fingerprint density at radius 2 is 1.89 bits per heavy atom. The summed E-state index contributed by atoms with van der Waals surface area (Å²) in [6.45, 7) is 0.562. The summed E-state index contributed by atoms with van der Waals surface area (Å²) in [4.78, 5) is 13.1. The lowest BCUT2D eigenvalue weighted by atomic mass is 10.1. The van der Waals surface area contributed by atoms with Crippen molar-refractivity contribution in [1.29, 1.82) is 0 Å². The van der Waals surface area contributed by atoms with Gasteiger partial charge in [-0.2, -0.15) is 13.2 Å². The van der Waals surface area contributed by atoms with E-state index < -0.39 is 32.7 Å². The summed E-state index contributed by atoms with van der Waals surface area (Å²) in [5.41, 5.74) is -1.10. The number of benzene rings is 1. The number of hydrogen-bond donors (Lipinski definition) is 1. The Hall–Kier alpha value is -2.04. The molecular weight excluding hydrogens is 421 g/mol. The van der Waals surface area contributed by atoms with E-state index in [0.29, 0.717) is 18.9 Å². The second-order valence-corrected chi connectivity index (χ2v) is 8.40. The molecule has 1 N–H and O–H groups in total. The number of rotatable bonds is 4. The van der Waals surface area contributed by atoms with Crippen LogP contribution in [0.25, 0.3) is 0 Å². The summed E-state index contributed by atoms with van der Waals surface area (Å²) in [5, 5.41) is -0.300. The molecule has 0 saturated carbocycles. The third-order valence-corrected chi connectivity index (χ3v) is 6.39. The van der Waals surface area contributed by atoms with Gasteiger partial charge in [0.15, 0.2) is 5.76 Å². The normalized spacial score (nSPS) is 16.4. The highest BCUT2D eigenvalue weighted by Crippen LogP contribution is 2.33. The fraction of sp³-hybridized carbons (Fsp3) is 0.353. The van der Waals surface area contributed by atoms with Crippen molar-refractivity contribution in [1.82, 2.24) is 9.62 Å². The highest BCUT2D eigenvalue weighted by atomic mass is 35.5. The quantitative estimate of drug-likeness (QED) is 0.795. The van der Waals surface area contributed by atoms with E-state index in [2.05, 4.69) is 4.72 Å². The SMILES string of the molecule is O=C(c1ccco1)N1CCC(NS(=O)(=O)c2cc(C(F)(F)F)ccc2Cl)CC1. The van der Waals surface area contributed by atoms with Crippen LogP contribution in [-0.2, 0) is 16.2 Å². The molecule has 1 aromatic heterocycles. The van der Waals surface area contributed by atoms with Gasteiger partial charge in [-0.15, -0.1) is 0 Å². The molecule has 1 aromatic carbocycles. The van der Waals surface area contributed by atoms with E-state index in [9.17, 15) is 26.4 Å². The number of likely N-dealkylation sites (tertiary alicyclic amines) is 1. The maximum absolute atomic E-state index is 12.9. The monoisotopic (exact) mass is 436 g/mol. The van der Waals surface area contributed by atoms with Crippen molar-refractivity contribution in [3.8, 4) is 0 Å². The third kappa shape index (κ3) is 4.50. The van der Waals surface area contributed by atoms with E-state index in [0.717, 1.165) is 12.1 Å². The highest BCUT2D eigenvalue weighted by molar-refractivity contribution is 7.89. The number of carbonyl (C=O) groups excluding carboxylic acids is 1. The molecule has 6 nitrogen and oxygen atoms in total. The number of furan rings is 1. The number of piperidine rings is 1. The predicted molar refractivity (Wildman–Crippen MR) is 94.4 cm³/mol. The van der Waals surface area contributed by atoms with E-state index in [1.807, 2.05) is 0 Å². The lowest BCUT2D eigenvalue weighted by Crippen LogP contribution is -2.46. The zero-order chi connectivity index (χ0) is 20.5. The molecule has 11 heteroatoms. The average molecular weight is 437 g/mol. The van der Waals surface area contributed by atoms with Crippen LogP contribution in [0.1, 0.15) is 29.0 Å². The van der Waals surface area contributed by atoms with Gasteiger partial charge in [-0.25, -0.2) is 13.1 Å². The molecule has 2 heterocycles. The Bertz CT molecular complexity index is 953. The Balaban J connectivity index is 1.68. The Morgan fingerprint density at radius 1 is 1.21 bits per heavy atom. The number of amides is 1. The molecule has 2 aromatic rings. The number of sulfonamides is 1. The molecule has 1 aliphatic rings. The first-order valence-electron chi connectivity index (χ1n) is 8.30. The van der Waals surface area contributed by atoms with Crippen LogP contribution in [0.3, 0.4) is 0 Å². The first-order chi connectivity index (χ1) is 13.1. The number of nitrogens with one attached hydrogen (secondary N) is 1. The number of alkyl halides is 3. The minimum atomic E-state index is -4.69. The van der Waals surface area contributed by atoms with Crippen LogP contribution in [0.4, 0.5) is 13.2 Å². The second-order valence-electron chi connectivity index (χ2n) is 6.31. The van der Waals surface area contributed by atoms with Gasteiger partial charge in [-0.3, -0.25) is 4.79 Å². The van der Waals surface area contributed by atoms with Gasteiger partial charge in [0.1, 0.15) is 4.90 Å². The highest BCUT2D eigenvalue weighted by Gasteiger charge is 2.34. The van der Waals surface area contributed by atoms with Gasteiger partial charge < -0.3 is 9.32 Å². The van der Waals surface area contributed by atoms with E-state index in [1.54, 1.807) is 6.07 Å². The average Bonchev–Trinajstić information content (AvgIpc) is 3.15. The van der Waals surface area contributed by atoms with Crippen molar-refractivity contribution < 1.29 is 30.8 Å². The first-order valence-corrected chi connectivity index (χ1v) is 10.2. The zero-order valence-electron chi connectivity index (χ0n) is 14.4. The zero-order valence-corrected chi connectivity index (χ0v) is 15.9. The van der Waals surface area contributed by atoms with Crippen molar-refractivity contribution in [2.24, 2.45) is 0 Å². The summed E-state index contributed by atoms with van der Waals surface area (Å²) in [5.74, 6) is -0.109. The minimum Gasteiger partial charge on any atom is -0.459 e. The van der Waals surface area contributed by atoms with Gasteiger partial charge >= 0.3 is 6.18 Å². The van der Waals surface area contributed by atoms with E-state index in [4.69, 9.17) is 16.0 Å².